The number of halogens is 2. The molecule has 3 rings (SSSR count). The Morgan fingerprint density at radius 2 is 1.86 bits per heavy atom. The summed E-state index contributed by atoms with van der Waals surface area (Å²) in [4.78, 5) is 4.47. The van der Waals surface area contributed by atoms with E-state index in [2.05, 4.69) is 49.7 Å². The molecule has 0 spiro atoms. The fraction of sp³-hybridized carbons (Fsp3) is 0.118. The van der Waals surface area contributed by atoms with Gasteiger partial charge in [0.2, 0.25) is 0 Å². The maximum absolute atomic E-state index is 6.03. The second kappa shape index (κ2) is 6.46. The third-order valence-corrected chi connectivity index (χ3v) is 4.56. The molecule has 0 unspecified atom stereocenters. The van der Waals surface area contributed by atoms with Gasteiger partial charge in [-0.15, -0.1) is 0 Å². The van der Waals surface area contributed by atoms with Crippen LogP contribution in [0.15, 0.2) is 65.4 Å². The van der Waals surface area contributed by atoms with Crippen molar-refractivity contribution in [1.29, 1.82) is 0 Å². The van der Waals surface area contributed by atoms with Crippen molar-refractivity contribution in [2.24, 2.45) is 0 Å². The van der Waals surface area contributed by atoms with Crippen LogP contribution in [0.1, 0.15) is 17.0 Å². The quantitative estimate of drug-likeness (QED) is 0.643. The summed E-state index contributed by atoms with van der Waals surface area (Å²) in [7, 11) is 0. The van der Waals surface area contributed by atoms with Gasteiger partial charge in [-0.05, 0) is 39.2 Å². The molecule has 1 heterocycles. The number of hydrogen-bond donors (Lipinski definition) is 0. The van der Waals surface area contributed by atoms with Crippen molar-refractivity contribution in [2.75, 3.05) is 0 Å². The molecule has 0 aliphatic heterocycles. The van der Waals surface area contributed by atoms with E-state index in [1.165, 1.54) is 11.1 Å². The van der Waals surface area contributed by atoms with E-state index in [9.17, 15) is 0 Å². The van der Waals surface area contributed by atoms with Crippen molar-refractivity contribution in [3.05, 3.63) is 87.4 Å². The summed E-state index contributed by atoms with van der Waals surface area (Å²) in [5.74, 6) is 1.05. The molecular formula is C17H14BrClN2. The summed E-state index contributed by atoms with van der Waals surface area (Å²) < 4.78 is 3.10. The Kier molecular flexibility index (Phi) is 4.42. The number of aromatic nitrogens is 2. The van der Waals surface area contributed by atoms with Gasteiger partial charge >= 0.3 is 0 Å². The molecule has 1 aromatic heterocycles. The summed E-state index contributed by atoms with van der Waals surface area (Å²) >= 11 is 9.50. The van der Waals surface area contributed by atoms with E-state index in [4.69, 9.17) is 11.6 Å². The number of hydrogen-bond acceptors (Lipinski definition) is 1. The van der Waals surface area contributed by atoms with E-state index in [1.807, 2.05) is 36.7 Å². The summed E-state index contributed by atoms with van der Waals surface area (Å²) in [5.41, 5.74) is 2.46. The molecule has 2 nitrogen and oxygen atoms in total. The van der Waals surface area contributed by atoms with E-state index >= 15 is 0 Å². The highest BCUT2D eigenvalue weighted by Gasteiger charge is 2.06. The van der Waals surface area contributed by atoms with Crippen LogP contribution in [0.25, 0.3) is 0 Å². The van der Waals surface area contributed by atoms with Gasteiger partial charge in [0.05, 0.1) is 5.02 Å². The third kappa shape index (κ3) is 3.55. The van der Waals surface area contributed by atoms with E-state index in [1.54, 1.807) is 0 Å². The standard InChI is InChI=1S/C17H14BrClN2/c18-15-10-14(6-7-16(15)19)11-17-20-8-9-21(17)12-13-4-2-1-3-5-13/h1-10H,11-12H2. The SMILES string of the molecule is Clc1ccc(Cc2nccn2Cc2ccccc2)cc1Br. The van der Waals surface area contributed by atoms with Crippen molar-refractivity contribution in [1.82, 2.24) is 9.55 Å². The van der Waals surface area contributed by atoms with Crippen LogP contribution in [0.4, 0.5) is 0 Å². The summed E-state index contributed by atoms with van der Waals surface area (Å²) in [6.07, 6.45) is 4.66. The average Bonchev–Trinajstić information content (AvgIpc) is 2.91. The molecule has 0 N–H and O–H groups in total. The first kappa shape index (κ1) is 14.4. The molecule has 0 bridgehead atoms. The van der Waals surface area contributed by atoms with Crippen molar-refractivity contribution >= 4 is 27.5 Å². The van der Waals surface area contributed by atoms with Crippen molar-refractivity contribution in [2.45, 2.75) is 13.0 Å². The average molecular weight is 362 g/mol. The molecule has 106 valence electrons. The van der Waals surface area contributed by atoms with Gasteiger partial charge in [0.25, 0.3) is 0 Å². The van der Waals surface area contributed by atoms with E-state index in [0.29, 0.717) is 0 Å². The van der Waals surface area contributed by atoms with Gasteiger partial charge in [0, 0.05) is 29.8 Å². The lowest BCUT2D eigenvalue weighted by molar-refractivity contribution is 0.740. The number of imidazole rings is 1. The number of nitrogens with zero attached hydrogens (tertiary/aromatic N) is 2. The van der Waals surface area contributed by atoms with Crippen molar-refractivity contribution < 1.29 is 0 Å². The van der Waals surface area contributed by atoms with Crippen LogP contribution >= 0.6 is 27.5 Å². The predicted octanol–water partition coefficient (Wildman–Crippen LogP) is 4.94. The first-order valence-corrected chi connectivity index (χ1v) is 7.87. The second-order valence-electron chi connectivity index (χ2n) is 4.88. The molecule has 4 heteroatoms. The lowest BCUT2D eigenvalue weighted by atomic mass is 10.1. The molecule has 0 aliphatic rings. The maximum Gasteiger partial charge on any atom is 0.113 e. The Labute approximate surface area is 137 Å². The van der Waals surface area contributed by atoms with Crippen molar-refractivity contribution in [3.63, 3.8) is 0 Å². The second-order valence-corrected chi connectivity index (χ2v) is 6.14. The van der Waals surface area contributed by atoms with Crippen LogP contribution in [0.3, 0.4) is 0 Å². The van der Waals surface area contributed by atoms with Gasteiger partial charge < -0.3 is 4.57 Å². The highest BCUT2D eigenvalue weighted by atomic mass is 79.9. The minimum absolute atomic E-state index is 0.728. The molecule has 21 heavy (non-hydrogen) atoms. The van der Waals surface area contributed by atoms with E-state index < -0.39 is 0 Å². The van der Waals surface area contributed by atoms with Gasteiger partial charge in [0.1, 0.15) is 5.82 Å². The van der Waals surface area contributed by atoms with E-state index in [-0.39, 0.29) is 0 Å². The van der Waals surface area contributed by atoms with Crippen LogP contribution in [-0.4, -0.2) is 9.55 Å². The van der Waals surface area contributed by atoms with Crippen LogP contribution < -0.4 is 0 Å². The van der Waals surface area contributed by atoms with Crippen LogP contribution in [-0.2, 0) is 13.0 Å². The van der Waals surface area contributed by atoms with Crippen LogP contribution in [0.2, 0.25) is 5.02 Å². The maximum atomic E-state index is 6.03. The highest BCUT2D eigenvalue weighted by Crippen LogP contribution is 2.24. The fourth-order valence-electron chi connectivity index (χ4n) is 2.26. The normalized spacial score (nSPS) is 10.8. The fourth-order valence-corrected chi connectivity index (χ4v) is 2.81. The van der Waals surface area contributed by atoms with Crippen LogP contribution in [0.5, 0.6) is 0 Å². The minimum Gasteiger partial charge on any atom is -0.330 e. The van der Waals surface area contributed by atoms with Gasteiger partial charge in [-0.25, -0.2) is 4.98 Å². The molecule has 0 saturated heterocycles. The third-order valence-electron chi connectivity index (χ3n) is 3.34. The number of rotatable bonds is 4. The molecule has 0 saturated carbocycles. The molecule has 0 aliphatic carbocycles. The van der Waals surface area contributed by atoms with Gasteiger partial charge in [-0.1, -0.05) is 48.0 Å². The molecule has 0 amide bonds. The Morgan fingerprint density at radius 3 is 2.62 bits per heavy atom. The Hall–Kier alpha value is -1.58. The van der Waals surface area contributed by atoms with Gasteiger partial charge in [0.15, 0.2) is 0 Å². The lowest BCUT2D eigenvalue weighted by Gasteiger charge is -2.09. The summed E-state index contributed by atoms with van der Waals surface area (Å²) in [5, 5.41) is 0.728. The smallest absolute Gasteiger partial charge is 0.113 e. The minimum atomic E-state index is 0.728. The lowest BCUT2D eigenvalue weighted by Crippen LogP contribution is -2.05. The molecule has 0 fully saturated rings. The zero-order valence-corrected chi connectivity index (χ0v) is 13.7. The first-order chi connectivity index (χ1) is 10.2. The molecule has 0 atom stereocenters. The zero-order valence-electron chi connectivity index (χ0n) is 11.3. The monoisotopic (exact) mass is 360 g/mol. The molecule has 2 aromatic carbocycles. The van der Waals surface area contributed by atoms with Crippen molar-refractivity contribution in [3.8, 4) is 0 Å². The summed E-state index contributed by atoms with van der Waals surface area (Å²) in [6.45, 7) is 0.838. The molecule has 0 radical (unpaired) electrons. The molecule has 3 aromatic rings. The molecular weight excluding hydrogens is 348 g/mol. The van der Waals surface area contributed by atoms with Crippen LogP contribution in [0, 0.1) is 0 Å². The first-order valence-electron chi connectivity index (χ1n) is 6.70. The Bertz CT molecular complexity index is 738. The summed E-state index contributed by atoms with van der Waals surface area (Å²) in [6, 6.07) is 16.4. The Balaban J connectivity index is 1.80. The largest absolute Gasteiger partial charge is 0.330 e. The predicted molar refractivity (Wildman–Crippen MR) is 89.7 cm³/mol. The van der Waals surface area contributed by atoms with Gasteiger partial charge in [-0.3, -0.25) is 0 Å². The number of benzene rings is 2. The van der Waals surface area contributed by atoms with E-state index in [0.717, 1.165) is 28.3 Å². The zero-order chi connectivity index (χ0) is 14.7. The Morgan fingerprint density at radius 1 is 1.05 bits per heavy atom. The topological polar surface area (TPSA) is 17.8 Å². The highest BCUT2D eigenvalue weighted by molar-refractivity contribution is 9.10. The van der Waals surface area contributed by atoms with Gasteiger partial charge in [-0.2, -0.15) is 0 Å².